The molecule has 11 nitrogen and oxygen atoms in total. The number of nitrogens with zero attached hydrogens (tertiary/aromatic N) is 3. The Hall–Kier alpha value is -4.45. The molecule has 1 heterocycles. The van der Waals surface area contributed by atoms with Crippen molar-refractivity contribution in [2.75, 3.05) is 5.32 Å². The van der Waals surface area contributed by atoms with Crippen molar-refractivity contribution in [2.45, 2.75) is 90.7 Å². The van der Waals surface area contributed by atoms with E-state index < -0.39 is 11.7 Å². The molecule has 3 amide bonds. The summed E-state index contributed by atoms with van der Waals surface area (Å²) < 4.78 is 5.31. The van der Waals surface area contributed by atoms with E-state index in [0.717, 1.165) is 34.5 Å². The van der Waals surface area contributed by atoms with Gasteiger partial charge in [0.25, 0.3) is 5.91 Å². The topological polar surface area (TPSA) is 173 Å². The average molecular weight is 634 g/mol. The van der Waals surface area contributed by atoms with E-state index >= 15 is 0 Å². The molecule has 0 aliphatic rings. The average Bonchev–Trinajstić information content (AvgIpc) is 3.40. The number of rotatable bonds is 15. The van der Waals surface area contributed by atoms with Crippen LogP contribution in [0.4, 0.5) is 9.93 Å². The van der Waals surface area contributed by atoms with E-state index in [1.807, 2.05) is 61.5 Å². The minimum Gasteiger partial charge on any atom is -0.444 e. The second-order valence-electron chi connectivity index (χ2n) is 11.8. The van der Waals surface area contributed by atoms with Crippen molar-refractivity contribution in [3.8, 4) is 0 Å². The van der Waals surface area contributed by atoms with Crippen molar-refractivity contribution >= 4 is 45.9 Å². The van der Waals surface area contributed by atoms with Crippen LogP contribution in [0.3, 0.4) is 0 Å². The third kappa shape index (κ3) is 13.8. The molecule has 5 N–H and O–H groups in total. The molecule has 0 fully saturated rings. The van der Waals surface area contributed by atoms with Crippen LogP contribution in [-0.2, 0) is 33.6 Å². The zero-order valence-corrected chi connectivity index (χ0v) is 27.2. The van der Waals surface area contributed by atoms with Gasteiger partial charge in [0.05, 0.1) is 18.9 Å². The molecule has 0 aliphatic heterocycles. The van der Waals surface area contributed by atoms with Crippen molar-refractivity contribution in [1.29, 1.82) is 5.41 Å². The molecule has 1 atom stereocenters. The highest BCUT2D eigenvalue weighted by Crippen LogP contribution is 2.19. The molecule has 0 bridgehead atoms. The number of amides is 3. The van der Waals surface area contributed by atoms with Gasteiger partial charge in [-0.3, -0.25) is 9.59 Å². The summed E-state index contributed by atoms with van der Waals surface area (Å²) in [5.74, 6) is -0.288. The first kappa shape index (κ1) is 35.0. The Morgan fingerprint density at radius 3 is 2.44 bits per heavy atom. The number of aromatic nitrogens is 2. The SMILES string of the molecule is CC(NC(=O)OC(C)(C)C)c1cccc(CC(=O)N=C(N)CCC(=N)CCCCc2nnc(NC(=O)Cc3ccccc3)s2)c1. The highest BCUT2D eigenvalue weighted by molar-refractivity contribution is 7.15. The lowest BCUT2D eigenvalue weighted by Crippen LogP contribution is -2.34. The van der Waals surface area contributed by atoms with E-state index in [1.54, 1.807) is 20.8 Å². The van der Waals surface area contributed by atoms with E-state index in [1.165, 1.54) is 11.3 Å². The first-order valence-corrected chi connectivity index (χ1v) is 15.8. The van der Waals surface area contributed by atoms with Crippen LogP contribution in [0.15, 0.2) is 59.6 Å². The lowest BCUT2D eigenvalue weighted by molar-refractivity contribution is -0.117. The molecule has 0 radical (unpaired) electrons. The Kier molecular flexibility index (Phi) is 13.3. The number of amidine groups is 1. The lowest BCUT2D eigenvalue weighted by Gasteiger charge is -2.22. The fourth-order valence-corrected chi connectivity index (χ4v) is 5.14. The van der Waals surface area contributed by atoms with E-state index in [9.17, 15) is 14.4 Å². The van der Waals surface area contributed by atoms with Crippen LogP contribution in [0.25, 0.3) is 0 Å². The van der Waals surface area contributed by atoms with Crippen LogP contribution < -0.4 is 16.4 Å². The van der Waals surface area contributed by atoms with Gasteiger partial charge in [-0.15, -0.1) is 10.2 Å². The highest BCUT2D eigenvalue weighted by atomic mass is 32.1. The van der Waals surface area contributed by atoms with Crippen molar-refractivity contribution in [1.82, 2.24) is 15.5 Å². The molecule has 1 unspecified atom stereocenters. The molecular weight excluding hydrogens is 590 g/mol. The molecule has 0 saturated heterocycles. The van der Waals surface area contributed by atoms with Crippen LogP contribution in [0.1, 0.15) is 87.5 Å². The van der Waals surface area contributed by atoms with Crippen molar-refractivity contribution in [2.24, 2.45) is 10.7 Å². The lowest BCUT2D eigenvalue weighted by atomic mass is 10.0. The zero-order chi connectivity index (χ0) is 32.8. The fraction of sp³-hybridized carbons (Fsp3) is 0.424. The predicted octanol–water partition coefficient (Wildman–Crippen LogP) is 5.94. The van der Waals surface area contributed by atoms with Gasteiger partial charge in [0.1, 0.15) is 16.4 Å². The number of nitrogens with two attached hydrogens (primary N) is 1. The maximum Gasteiger partial charge on any atom is 0.408 e. The molecule has 240 valence electrons. The second-order valence-corrected chi connectivity index (χ2v) is 12.9. The molecule has 0 aliphatic carbocycles. The first-order valence-electron chi connectivity index (χ1n) is 15.0. The second kappa shape index (κ2) is 17.1. The van der Waals surface area contributed by atoms with Gasteiger partial charge in [-0.2, -0.15) is 0 Å². The molecule has 2 aromatic carbocycles. The first-order chi connectivity index (χ1) is 21.4. The maximum absolute atomic E-state index is 12.5. The summed E-state index contributed by atoms with van der Waals surface area (Å²) in [5.41, 5.74) is 8.49. The quantitative estimate of drug-likeness (QED) is 0.0910. The Labute approximate surface area is 268 Å². The smallest absolute Gasteiger partial charge is 0.408 e. The summed E-state index contributed by atoms with van der Waals surface area (Å²) in [4.78, 5) is 40.9. The fourth-order valence-electron chi connectivity index (χ4n) is 4.34. The van der Waals surface area contributed by atoms with Gasteiger partial charge >= 0.3 is 6.09 Å². The number of hydrogen-bond donors (Lipinski definition) is 4. The number of aliphatic imine (C=N–C) groups is 1. The molecule has 45 heavy (non-hydrogen) atoms. The molecule has 1 aromatic heterocycles. The molecule has 0 spiro atoms. The minimum absolute atomic E-state index is 0.0785. The van der Waals surface area contributed by atoms with Gasteiger partial charge in [0.15, 0.2) is 0 Å². The molecule has 0 saturated carbocycles. The summed E-state index contributed by atoms with van der Waals surface area (Å²) in [5, 5.41) is 23.4. The number of aryl methyl sites for hydroxylation is 1. The number of ether oxygens (including phenoxy) is 1. The Bertz CT molecular complexity index is 1480. The maximum atomic E-state index is 12.5. The standard InChI is InChI=1S/C33H43N7O4S/c1-22(36-32(43)44-33(2,3)4)25-14-10-13-24(19-25)21-28(41)37-27(35)18-17-26(34)15-8-9-16-30-39-40-31(45-30)38-29(42)20-23-11-6-5-7-12-23/h5-7,10-14,19,22,34H,8-9,15-18,20-21H2,1-4H3,(H,36,43)(H2,35,37,41)(H,38,40,42). The molecular formula is C33H43N7O4S. The predicted molar refractivity (Wildman–Crippen MR) is 178 cm³/mol. The van der Waals surface area contributed by atoms with Crippen LogP contribution in [0.2, 0.25) is 0 Å². The Morgan fingerprint density at radius 1 is 0.978 bits per heavy atom. The number of hydrogen-bond acceptors (Lipinski definition) is 8. The van der Waals surface area contributed by atoms with Crippen LogP contribution in [0, 0.1) is 5.41 Å². The van der Waals surface area contributed by atoms with E-state index in [4.69, 9.17) is 15.9 Å². The highest BCUT2D eigenvalue weighted by Gasteiger charge is 2.18. The summed E-state index contributed by atoms with van der Waals surface area (Å²) in [6.45, 7) is 7.25. The normalized spacial score (nSPS) is 12.3. The van der Waals surface area contributed by atoms with Crippen molar-refractivity contribution in [3.63, 3.8) is 0 Å². The summed E-state index contributed by atoms with van der Waals surface area (Å²) >= 11 is 1.36. The summed E-state index contributed by atoms with van der Waals surface area (Å²) in [6.07, 6.45) is 3.60. The molecule has 12 heteroatoms. The van der Waals surface area contributed by atoms with Crippen molar-refractivity contribution in [3.05, 3.63) is 76.3 Å². The van der Waals surface area contributed by atoms with Gasteiger partial charge in [0.2, 0.25) is 11.0 Å². The number of benzene rings is 2. The van der Waals surface area contributed by atoms with Crippen molar-refractivity contribution < 1.29 is 19.1 Å². The van der Waals surface area contributed by atoms with E-state index in [0.29, 0.717) is 36.5 Å². The number of carbonyl (C=O) groups excluding carboxylic acids is 3. The van der Waals surface area contributed by atoms with Crippen LogP contribution in [-0.4, -0.2) is 45.3 Å². The third-order valence-corrected chi connectivity index (χ3v) is 7.43. The van der Waals surface area contributed by atoms with Gasteiger partial charge < -0.3 is 26.5 Å². The Morgan fingerprint density at radius 2 is 1.71 bits per heavy atom. The largest absolute Gasteiger partial charge is 0.444 e. The number of alkyl carbamates (subject to hydrolysis) is 1. The third-order valence-electron chi connectivity index (χ3n) is 6.53. The van der Waals surface area contributed by atoms with Crippen LogP contribution >= 0.6 is 11.3 Å². The zero-order valence-electron chi connectivity index (χ0n) is 26.4. The van der Waals surface area contributed by atoms with Gasteiger partial charge in [-0.1, -0.05) is 65.9 Å². The number of anilines is 1. The van der Waals surface area contributed by atoms with Crippen LogP contribution in [0.5, 0.6) is 0 Å². The molecule has 3 rings (SSSR count). The summed E-state index contributed by atoms with van der Waals surface area (Å²) in [6, 6.07) is 16.6. The van der Waals surface area contributed by atoms with E-state index in [2.05, 4.69) is 25.8 Å². The Balaban J connectivity index is 1.33. The summed E-state index contributed by atoms with van der Waals surface area (Å²) in [7, 11) is 0. The van der Waals surface area contributed by atoms with Gasteiger partial charge in [-0.25, -0.2) is 9.79 Å². The molecule has 3 aromatic rings. The number of nitrogens with one attached hydrogen (secondary N) is 3. The van der Waals surface area contributed by atoms with E-state index in [-0.39, 0.29) is 36.5 Å². The number of unbranched alkanes of at least 4 members (excludes halogenated alkanes) is 1. The minimum atomic E-state index is -0.593. The number of carbonyl (C=O) groups is 3. The van der Waals surface area contributed by atoms with Gasteiger partial charge in [-0.05, 0) is 70.1 Å². The monoisotopic (exact) mass is 633 g/mol. The van der Waals surface area contributed by atoms with Gasteiger partial charge in [0, 0.05) is 18.6 Å².